The molecular formula is C14H17NO4. The van der Waals surface area contributed by atoms with Gasteiger partial charge in [0.25, 0.3) is 0 Å². The second kappa shape index (κ2) is 5.84. The summed E-state index contributed by atoms with van der Waals surface area (Å²) in [6, 6.07) is 6.83. The highest BCUT2D eigenvalue weighted by Gasteiger charge is 2.29. The lowest BCUT2D eigenvalue weighted by Crippen LogP contribution is -2.29. The molecule has 1 aliphatic rings. The number of carbonyl (C=O) groups excluding carboxylic acids is 1. The van der Waals surface area contributed by atoms with Crippen LogP contribution in [-0.4, -0.2) is 36.7 Å². The molecule has 1 aliphatic heterocycles. The van der Waals surface area contributed by atoms with E-state index in [1.807, 2.05) is 12.1 Å². The van der Waals surface area contributed by atoms with E-state index in [9.17, 15) is 9.59 Å². The van der Waals surface area contributed by atoms with E-state index in [0.29, 0.717) is 18.5 Å². The maximum absolute atomic E-state index is 11.4. The third-order valence-corrected chi connectivity index (χ3v) is 3.39. The van der Waals surface area contributed by atoms with E-state index in [1.54, 1.807) is 12.1 Å². The summed E-state index contributed by atoms with van der Waals surface area (Å²) in [4.78, 5) is 22.3. The summed E-state index contributed by atoms with van der Waals surface area (Å²) in [6.45, 7) is 0.694. The van der Waals surface area contributed by atoms with Gasteiger partial charge in [-0.2, -0.15) is 0 Å². The second-order valence-electron chi connectivity index (χ2n) is 4.80. The third kappa shape index (κ3) is 3.32. The highest BCUT2D eigenvalue weighted by atomic mass is 16.5. The number of hydrogen-bond acceptors (Lipinski definition) is 4. The molecule has 2 atom stereocenters. The van der Waals surface area contributed by atoms with Crippen LogP contribution < -0.4 is 5.32 Å². The largest absolute Gasteiger partial charge is 0.480 e. The van der Waals surface area contributed by atoms with Crippen LogP contribution in [0, 0.1) is 5.92 Å². The van der Waals surface area contributed by atoms with Gasteiger partial charge in [0.2, 0.25) is 0 Å². The van der Waals surface area contributed by atoms with Gasteiger partial charge >= 0.3 is 11.9 Å². The molecular weight excluding hydrogens is 246 g/mol. The fourth-order valence-electron chi connectivity index (χ4n) is 2.43. The number of nitrogens with one attached hydrogen (secondary N) is 1. The summed E-state index contributed by atoms with van der Waals surface area (Å²) in [6.07, 6.45) is 1.39. The van der Waals surface area contributed by atoms with Crippen LogP contribution in [0.15, 0.2) is 24.3 Å². The normalized spacial score (nSPS) is 22.2. The lowest BCUT2D eigenvalue weighted by atomic mass is 9.96. The van der Waals surface area contributed by atoms with Gasteiger partial charge in [0.05, 0.1) is 12.7 Å². The Morgan fingerprint density at radius 3 is 2.89 bits per heavy atom. The maximum atomic E-state index is 11.4. The van der Waals surface area contributed by atoms with Crippen LogP contribution in [0.3, 0.4) is 0 Å². The highest BCUT2D eigenvalue weighted by Crippen LogP contribution is 2.20. The predicted molar refractivity (Wildman–Crippen MR) is 69.0 cm³/mol. The van der Waals surface area contributed by atoms with E-state index in [-0.39, 0.29) is 11.9 Å². The van der Waals surface area contributed by atoms with Crippen molar-refractivity contribution in [3.63, 3.8) is 0 Å². The van der Waals surface area contributed by atoms with Gasteiger partial charge in [-0.05, 0) is 43.0 Å². The minimum atomic E-state index is -0.800. The zero-order valence-corrected chi connectivity index (χ0v) is 10.8. The Kier molecular flexibility index (Phi) is 4.16. The SMILES string of the molecule is COC(=O)c1cccc(C[C@@H]2CN[C@@H](C(=O)O)C2)c1. The molecule has 1 fully saturated rings. The molecule has 0 radical (unpaired) electrons. The number of benzene rings is 1. The second-order valence-corrected chi connectivity index (χ2v) is 4.80. The summed E-state index contributed by atoms with van der Waals surface area (Å²) >= 11 is 0. The van der Waals surface area contributed by atoms with Crippen molar-refractivity contribution in [2.75, 3.05) is 13.7 Å². The summed E-state index contributed by atoms with van der Waals surface area (Å²) in [5.41, 5.74) is 1.56. The molecule has 0 spiro atoms. The van der Waals surface area contributed by atoms with Crippen LogP contribution in [0.5, 0.6) is 0 Å². The first-order chi connectivity index (χ1) is 9.10. The number of esters is 1. The average Bonchev–Trinajstić information content (AvgIpc) is 2.87. The Morgan fingerprint density at radius 1 is 1.47 bits per heavy atom. The van der Waals surface area contributed by atoms with E-state index in [0.717, 1.165) is 12.0 Å². The minimum absolute atomic E-state index is 0.286. The van der Waals surface area contributed by atoms with Gasteiger partial charge in [-0.3, -0.25) is 4.79 Å². The fourth-order valence-corrected chi connectivity index (χ4v) is 2.43. The van der Waals surface area contributed by atoms with Crippen molar-refractivity contribution >= 4 is 11.9 Å². The molecule has 102 valence electrons. The standard InChI is InChI=1S/C14H17NO4/c1-19-14(18)11-4-2-3-9(6-11)5-10-7-12(13(16)17)15-8-10/h2-4,6,10,12,15H,5,7-8H2,1H3,(H,16,17)/t10-,12+/m0/s1. The Morgan fingerprint density at radius 2 is 2.26 bits per heavy atom. The van der Waals surface area contributed by atoms with Crippen LogP contribution in [0.25, 0.3) is 0 Å². The van der Waals surface area contributed by atoms with Gasteiger partial charge in [-0.25, -0.2) is 4.79 Å². The lowest BCUT2D eigenvalue weighted by Gasteiger charge is -2.09. The first-order valence-electron chi connectivity index (χ1n) is 6.23. The van der Waals surface area contributed by atoms with Crippen molar-refractivity contribution in [1.29, 1.82) is 0 Å². The number of carboxylic acids is 1. The molecule has 0 amide bonds. The zero-order valence-electron chi connectivity index (χ0n) is 10.8. The van der Waals surface area contributed by atoms with Crippen LogP contribution in [-0.2, 0) is 16.0 Å². The van der Waals surface area contributed by atoms with Gasteiger partial charge in [0.15, 0.2) is 0 Å². The van der Waals surface area contributed by atoms with Gasteiger partial charge < -0.3 is 15.2 Å². The number of aliphatic carboxylic acids is 1. The smallest absolute Gasteiger partial charge is 0.337 e. The first kappa shape index (κ1) is 13.5. The molecule has 0 aromatic heterocycles. The summed E-state index contributed by atoms with van der Waals surface area (Å²) in [5, 5.41) is 11.9. The molecule has 5 nitrogen and oxygen atoms in total. The van der Waals surface area contributed by atoms with Crippen LogP contribution >= 0.6 is 0 Å². The van der Waals surface area contributed by atoms with Crippen molar-refractivity contribution in [3.05, 3.63) is 35.4 Å². The topological polar surface area (TPSA) is 75.6 Å². The molecule has 1 saturated heterocycles. The predicted octanol–water partition coefficient (Wildman–Crippen LogP) is 1.08. The van der Waals surface area contributed by atoms with E-state index in [1.165, 1.54) is 7.11 Å². The van der Waals surface area contributed by atoms with Gasteiger partial charge in [-0.1, -0.05) is 12.1 Å². The molecule has 0 bridgehead atoms. The highest BCUT2D eigenvalue weighted by molar-refractivity contribution is 5.89. The third-order valence-electron chi connectivity index (χ3n) is 3.39. The maximum Gasteiger partial charge on any atom is 0.337 e. The number of carboxylic acid groups (broad SMARTS) is 1. The van der Waals surface area contributed by atoms with Gasteiger partial charge in [-0.15, -0.1) is 0 Å². The van der Waals surface area contributed by atoms with E-state index < -0.39 is 12.0 Å². The molecule has 2 rings (SSSR count). The van der Waals surface area contributed by atoms with Crippen molar-refractivity contribution in [2.45, 2.75) is 18.9 Å². The lowest BCUT2D eigenvalue weighted by molar-refractivity contribution is -0.139. The van der Waals surface area contributed by atoms with Crippen LogP contribution in [0.4, 0.5) is 0 Å². The van der Waals surface area contributed by atoms with Crippen molar-refractivity contribution < 1.29 is 19.4 Å². The molecule has 0 aliphatic carbocycles. The monoisotopic (exact) mass is 263 g/mol. The Hall–Kier alpha value is -1.88. The number of rotatable bonds is 4. The molecule has 1 aromatic carbocycles. The van der Waals surface area contributed by atoms with E-state index >= 15 is 0 Å². The minimum Gasteiger partial charge on any atom is -0.480 e. The van der Waals surface area contributed by atoms with Gasteiger partial charge in [0.1, 0.15) is 6.04 Å². The molecule has 1 aromatic rings. The Bertz CT molecular complexity index is 486. The number of ether oxygens (including phenoxy) is 1. The van der Waals surface area contributed by atoms with Gasteiger partial charge in [0, 0.05) is 0 Å². The summed E-state index contributed by atoms with van der Waals surface area (Å²) in [7, 11) is 1.35. The Labute approximate surface area is 111 Å². The van der Waals surface area contributed by atoms with Crippen molar-refractivity contribution in [3.8, 4) is 0 Å². The summed E-state index contributed by atoms with van der Waals surface area (Å²) < 4.78 is 4.68. The zero-order chi connectivity index (χ0) is 13.8. The van der Waals surface area contributed by atoms with Crippen molar-refractivity contribution in [2.24, 2.45) is 5.92 Å². The molecule has 19 heavy (non-hydrogen) atoms. The molecule has 0 unspecified atom stereocenters. The molecule has 2 N–H and O–H groups in total. The quantitative estimate of drug-likeness (QED) is 0.795. The average molecular weight is 263 g/mol. The van der Waals surface area contributed by atoms with E-state index in [4.69, 9.17) is 5.11 Å². The first-order valence-corrected chi connectivity index (χ1v) is 6.23. The summed E-state index contributed by atoms with van der Waals surface area (Å²) in [5.74, 6) is -0.866. The van der Waals surface area contributed by atoms with Crippen LogP contribution in [0.1, 0.15) is 22.3 Å². The Balaban J connectivity index is 2.00. The molecule has 5 heteroatoms. The van der Waals surface area contributed by atoms with Crippen molar-refractivity contribution in [1.82, 2.24) is 5.32 Å². The fraction of sp³-hybridized carbons (Fsp3) is 0.429. The van der Waals surface area contributed by atoms with E-state index in [2.05, 4.69) is 10.1 Å². The molecule has 0 saturated carbocycles. The van der Waals surface area contributed by atoms with Crippen LogP contribution in [0.2, 0.25) is 0 Å². The number of carbonyl (C=O) groups is 2. The number of methoxy groups -OCH3 is 1. The number of hydrogen-bond donors (Lipinski definition) is 2. The molecule has 1 heterocycles.